The number of amides is 1. The smallest absolute Gasteiger partial charge is 0.227 e. The van der Waals surface area contributed by atoms with Gasteiger partial charge in [-0.15, -0.1) is 0 Å². The number of aromatic amines is 1. The average Bonchev–Trinajstić information content (AvgIpc) is 3.15. The molecule has 126 valence electrons. The van der Waals surface area contributed by atoms with E-state index in [1.165, 1.54) is 18.5 Å². The lowest BCUT2D eigenvalue weighted by Crippen LogP contribution is -2.30. The van der Waals surface area contributed by atoms with Crippen LogP contribution < -0.4 is 15.5 Å². The molecule has 2 aromatic rings. The van der Waals surface area contributed by atoms with E-state index in [2.05, 4.69) is 30.8 Å². The van der Waals surface area contributed by atoms with Crippen molar-refractivity contribution in [1.82, 2.24) is 25.5 Å². The second kappa shape index (κ2) is 6.10. The minimum Gasteiger partial charge on any atom is -0.359 e. The fourth-order valence-electron chi connectivity index (χ4n) is 3.07. The van der Waals surface area contributed by atoms with Crippen molar-refractivity contribution in [2.24, 2.45) is 5.92 Å². The maximum atomic E-state index is 11.8. The van der Waals surface area contributed by atoms with Crippen LogP contribution in [0.5, 0.6) is 0 Å². The van der Waals surface area contributed by atoms with E-state index in [1.54, 1.807) is 13.2 Å². The van der Waals surface area contributed by atoms with Crippen LogP contribution in [0.25, 0.3) is 0 Å². The Bertz CT molecular complexity index is 740. The van der Waals surface area contributed by atoms with Gasteiger partial charge in [0.05, 0.1) is 5.92 Å². The summed E-state index contributed by atoms with van der Waals surface area (Å²) >= 11 is 0. The Morgan fingerprint density at radius 1 is 1.33 bits per heavy atom. The summed E-state index contributed by atoms with van der Waals surface area (Å²) in [6.07, 6.45) is 5.03. The zero-order valence-electron chi connectivity index (χ0n) is 13.6. The van der Waals surface area contributed by atoms with Gasteiger partial charge in [0.1, 0.15) is 5.82 Å². The van der Waals surface area contributed by atoms with E-state index in [4.69, 9.17) is 0 Å². The fourth-order valence-corrected chi connectivity index (χ4v) is 3.07. The van der Waals surface area contributed by atoms with Gasteiger partial charge in [0, 0.05) is 44.0 Å². The van der Waals surface area contributed by atoms with Crippen molar-refractivity contribution in [2.45, 2.75) is 25.2 Å². The van der Waals surface area contributed by atoms with Gasteiger partial charge in [0.25, 0.3) is 0 Å². The van der Waals surface area contributed by atoms with Crippen LogP contribution in [-0.4, -0.2) is 46.2 Å². The summed E-state index contributed by atoms with van der Waals surface area (Å²) in [5.74, 6) is 2.84. The highest BCUT2D eigenvalue weighted by Gasteiger charge is 2.29. The number of hydrogen-bond acceptors (Lipinski definition) is 6. The van der Waals surface area contributed by atoms with Crippen molar-refractivity contribution in [3.05, 3.63) is 24.0 Å². The number of aromatic nitrogens is 4. The van der Waals surface area contributed by atoms with Crippen LogP contribution in [0, 0.1) is 5.92 Å². The molecule has 1 atom stereocenters. The van der Waals surface area contributed by atoms with Crippen LogP contribution in [-0.2, 0) is 4.79 Å². The van der Waals surface area contributed by atoms with Gasteiger partial charge in [-0.25, -0.2) is 4.98 Å². The quantitative estimate of drug-likeness (QED) is 0.767. The lowest BCUT2D eigenvalue weighted by atomic mass is 10.1. The van der Waals surface area contributed by atoms with Gasteiger partial charge in [0.15, 0.2) is 5.82 Å². The van der Waals surface area contributed by atoms with E-state index in [9.17, 15) is 4.79 Å². The highest BCUT2D eigenvalue weighted by Crippen LogP contribution is 2.39. The summed E-state index contributed by atoms with van der Waals surface area (Å²) < 4.78 is 0. The highest BCUT2D eigenvalue weighted by atomic mass is 16.1. The average molecular weight is 327 g/mol. The molecule has 1 unspecified atom stereocenters. The Labute approximate surface area is 140 Å². The van der Waals surface area contributed by atoms with Gasteiger partial charge in [0.2, 0.25) is 11.9 Å². The number of nitrogens with zero attached hydrogens (tertiary/aromatic N) is 4. The van der Waals surface area contributed by atoms with E-state index >= 15 is 0 Å². The largest absolute Gasteiger partial charge is 0.359 e. The van der Waals surface area contributed by atoms with E-state index in [0.717, 1.165) is 18.8 Å². The fraction of sp³-hybridized carbons (Fsp3) is 0.500. The van der Waals surface area contributed by atoms with Crippen molar-refractivity contribution in [1.29, 1.82) is 0 Å². The molecule has 2 aromatic heterocycles. The predicted molar refractivity (Wildman–Crippen MR) is 90.3 cm³/mol. The SMILES string of the molecule is CNC(=O)C1CCN(c2nccc(Nc3cc(C4CC4)[nH]n3)n2)C1. The summed E-state index contributed by atoms with van der Waals surface area (Å²) in [6, 6.07) is 3.86. The minimum atomic E-state index is 0.00246. The Kier molecular flexibility index (Phi) is 3.79. The molecule has 3 heterocycles. The maximum absolute atomic E-state index is 11.8. The minimum absolute atomic E-state index is 0.00246. The second-order valence-electron chi connectivity index (χ2n) is 6.40. The molecule has 8 heteroatoms. The molecule has 0 spiro atoms. The molecule has 1 amide bonds. The third-order valence-corrected chi connectivity index (χ3v) is 4.60. The van der Waals surface area contributed by atoms with Crippen molar-refractivity contribution in [2.75, 3.05) is 30.4 Å². The molecule has 0 radical (unpaired) electrons. The van der Waals surface area contributed by atoms with Crippen LogP contribution in [0.15, 0.2) is 18.3 Å². The van der Waals surface area contributed by atoms with Gasteiger partial charge >= 0.3 is 0 Å². The first-order valence-electron chi connectivity index (χ1n) is 8.35. The molecule has 4 rings (SSSR count). The molecule has 2 fully saturated rings. The lowest BCUT2D eigenvalue weighted by molar-refractivity contribution is -0.123. The van der Waals surface area contributed by atoms with Crippen LogP contribution >= 0.6 is 0 Å². The number of rotatable bonds is 5. The lowest BCUT2D eigenvalue weighted by Gasteiger charge is -2.16. The number of carbonyl (C=O) groups is 1. The van der Waals surface area contributed by atoms with Crippen LogP contribution in [0.4, 0.5) is 17.6 Å². The zero-order chi connectivity index (χ0) is 16.5. The normalized spacial score (nSPS) is 20.2. The zero-order valence-corrected chi connectivity index (χ0v) is 13.6. The van der Waals surface area contributed by atoms with E-state index < -0.39 is 0 Å². The van der Waals surface area contributed by atoms with Gasteiger partial charge in [-0.2, -0.15) is 10.1 Å². The van der Waals surface area contributed by atoms with Gasteiger partial charge in [-0.1, -0.05) is 0 Å². The van der Waals surface area contributed by atoms with Crippen molar-refractivity contribution >= 4 is 23.5 Å². The number of nitrogens with one attached hydrogen (secondary N) is 3. The Morgan fingerprint density at radius 2 is 2.21 bits per heavy atom. The van der Waals surface area contributed by atoms with Gasteiger partial charge in [-0.05, 0) is 25.3 Å². The van der Waals surface area contributed by atoms with Crippen molar-refractivity contribution in [3.63, 3.8) is 0 Å². The Morgan fingerprint density at radius 3 is 3.00 bits per heavy atom. The topological polar surface area (TPSA) is 98.8 Å². The van der Waals surface area contributed by atoms with Crippen molar-refractivity contribution < 1.29 is 4.79 Å². The molecule has 1 saturated carbocycles. The molecule has 0 aromatic carbocycles. The van der Waals surface area contributed by atoms with Gasteiger partial charge < -0.3 is 15.5 Å². The summed E-state index contributed by atoms with van der Waals surface area (Å²) in [5, 5.41) is 13.3. The summed E-state index contributed by atoms with van der Waals surface area (Å²) in [6.45, 7) is 1.44. The first-order chi connectivity index (χ1) is 11.7. The molecule has 1 aliphatic carbocycles. The van der Waals surface area contributed by atoms with Crippen LogP contribution in [0.2, 0.25) is 0 Å². The number of H-pyrrole nitrogens is 1. The molecule has 1 aliphatic heterocycles. The van der Waals surface area contributed by atoms with E-state index in [0.29, 0.717) is 24.2 Å². The number of carbonyl (C=O) groups excluding carboxylic acids is 1. The standard InChI is InChI=1S/C16H21N7O/c1-17-15(24)11-5-7-23(9-11)16-18-6-4-13(20-16)19-14-8-12(21-22-14)10-2-3-10/h4,6,8,10-11H,2-3,5,7,9H2,1H3,(H,17,24)(H2,18,19,20,21,22). The second-order valence-corrected chi connectivity index (χ2v) is 6.40. The molecular weight excluding hydrogens is 306 g/mol. The van der Waals surface area contributed by atoms with Crippen molar-refractivity contribution in [3.8, 4) is 0 Å². The predicted octanol–water partition coefficient (Wildman–Crippen LogP) is 1.39. The number of anilines is 3. The summed E-state index contributed by atoms with van der Waals surface area (Å²) in [7, 11) is 1.67. The van der Waals surface area contributed by atoms with Gasteiger partial charge in [-0.3, -0.25) is 9.89 Å². The summed E-state index contributed by atoms with van der Waals surface area (Å²) in [5.41, 5.74) is 1.18. The first-order valence-corrected chi connectivity index (χ1v) is 8.35. The number of hydrogen-bond donors (Lipinski definition) is 3. The molecular formula is C16H21N7O. The third kappa shape index (κ3) is 3.04. The molecule has 24 heavy (non-hydrogen) atoms. The van der Waals surface area contributed by atoms with Crippen LogP contribution in [0.3, 0.4) is 0 Å². The molecule has 3 N–H and O–H groups in total. The summed E-state index contributed by atoms with van der Waals surface area (Å²) in [4.78, 5) is 22.7. The third-order valence-electron chi connectivity index (χ3n) is 4.60. The first kappa shape index (κ1) is 14.9. The Balaban J connectivity index is 1.44. The Hall–Kier alpha value is -2.64. The monoisotopic (exact) mass is 327 g/mol. The highest BCUT2D eigenvalue weighted by molar-refractivity contribution is 5.79. The molecule has 2 aliphatic rings. The maximum Gasteiger partial charge on any atom is 0.227 e. The molecule has 8 nitrogen and oxygen atoms in total. The molecule has 0 bridgehead atoms. The van der Waals surface area contributed by atoms with E-state index in [1.807, 2.05) is 17.0 Å². The van der Waals surface area contributed by atoms with Crippen LogP contribution in [0.1, 0.15) is 30.9 Å². The molecule has 1 saturated heterocycles. The van der Waals surface area contributed by atoms with E-state index in [-0.39, 0.29) is 11.8 Å².